The highest BCUT2D eigenvalue weighted by Gasteiger charge is 2.33. The zero-order valence-electron chi connectivity index (χ0n) is 17.5. The van der Waals surface area contributed by atoms with Crippen molar-refractivity contribution in [2.24, 2.45) is 5.73 Å². The maximum Gasteiger partial charge on any atom is 0.343 e. The number of hydrogen-bond acceptors (Lipinski definition) is 8. The smallest absolute Gasteiger partial charge is 0.343 e. The van der Waals surface area contributed by atoms with Crippen LogP contribution in [0.3, 0.4) is 0 Å². The number of phenolic OH excluding ortho intramolecular Hbond substituents is 1. The summed E-state index contributed by atoms with van der Waals surface area (Å²) in [6.45, 7) is 2.97. The SMILES string of the molecule is NCOC(=O)c1coc2c1c(C(c1ccncc1)N1CCNCC1)c(O)c1ccccc12. The van der Waals surface area contributed by atoms with E-state index in [4.69, 9.17) is 14.9 Å². The first kappa shape index (κ1) is 20.4. The number of nitrogens with two attached hydrogens (primary N) is 1. The molecule has 1 fully saturated rings. The molecule has 1 aliphatic rings. The first-order chi connectivity index (χ1) is 15.7. The summed E-state index contributed by atoms with van der Waals surface area (Å²) in [6.07, 6.45) is 4.86. The molecule has 0 aliphatic carbocycles. The molecule has 4 aromatic rings. The second-order valence-corrected chi connectivity index (χ2v) is 7.73. The van der Waals surface area contributed by atoms with Gasteiger partial charge in [-0.3, -0.25) is 15.6 Å². The Morgan fingerprint density at radius 1 is 1.19 bits per heavy atom. The van der Waals surface area contributed by atoms with E-state index in [1.54, 1.807) is 12.4 Å². The summed E-state index contributed by atoms with van der Waals surface area (Å²) in [7, 11) is 0. The van der Waals surface area contributed by atoms with Crippen LogP contribution in [-0.2, 0) is 4.74 Å². The topological polar surface area (TPSA) is 114 Å². The summed E-state index contributed by atoms with van der Waals surface area (Å²) in [5, 5.41) is 16.9. The van der Waals surface area contributed by atoms with Crippen molar-refractivity contribution in [3.63, 3.8) is 0 Å². The zero-order valence-corrected chi connectivity index (χ0v) is 17.5. The molecule has 0 saturated carbocycles. The normalized spacial score (nSPS) is 15.8. The first-order valence-electron chi connectivity index (χ1n) is 10.6. The number of pyridine rings is 1. The van der Waals surface area contributed by atoms with Crippen molar-refractivity contribution in [1.29, 1.82) is 0 Å². The van der Waals surface area contributed by atoms with E-state index >= 15 is 0 Å². The van der Waals surface area contributed by atoms with E-state index in [1.165, 1.54) is 6.26 Å². The van der Waals surface area contributed by atoms with E-state index < -0.39 is 5.97 Å². The van der Waals surface area contributed by atoms with Gasteiger partial charge < -0.3 is 19.6 Å². The number of phenols is 1. The van der Waals surface area contributed by atoms with Crippen molar-refractivity contribution < 1.29 is 19.1 Å². The average molecular weight is 432 g/mol. The number of nitrogens with zero attached hydrogens (tertiary/aromatic N) is 2. The summed E-state index contributed by atoms with van der Waals surface area (Å²) in [5.41, 5.74) is 7.82. The maximum atomic E-state index is 12.8. The van der Waals surface area contributed by atoms with Crippen LogP contribution < -0.4 is 11.1 Å². The predicted octanol–water partition coefficient (Wildman–Crippen LogP) is 2.75. The molecule has 4 N–H and O–H groups in total. The summed E-state index contributed by atoms with van der Waals surface area (Å²) >= 11 is 0. The van der Waals surface area contributed by atoms with Gasteiger partial charge in [0.15, 0.2) is 0 Å². The quantitative estimate of drug-likeness (QED) is 0.326. The lowest BCUT2D eigenvalue weighted by Crippen LogP contribution is -2.45. The second kappa shape index (κ2) is 8.58. The van der Waals surface area contributed by atoms with Gasteiger partial charge in [-0.15, -0.1) is 0 Å². The number of piperazine rings is 1. The Balaban J connectivity index is 1.86. The number of furan rings is 1. The summed E-state index contributed by atoms with van der Waals surface area (Å²) < 4.78 is 11.0. The van der Waals surface area contributed by atoms with Crippen molar-refractivity contribution in [3.8, 4) is 5.75 Å². The first-order valence-corrected chi connectivity index (χ1v) is 10.6. The Kier molecular flexibility index (Phi) is 5.48. The number of aromatic hydroxyl groups is 1. The molecule has 8 heteroatoms. The lowest BCUT2D eigenvalue weighted by molar-refractivity contribution is 0.0516. The molecule has 32 heavy (non-hydrogen) atoms. The van der Waals surface area contributed by atoms with Crippen LogP contribution in [0.2, 0.25) is 0 Å². The number of ether oxygens (including phenoxy) is 1. The van der Waals surface area contributed by atoms with E-state index in [2.05, 4.69) is 15.2 Å². The fourth-order valence-corrected chi connectivity index (χ4v) is 4.59. The van der Waals surface area contributed by atoms with E-state index in [9.17, 15) is 9.90 Å². The minimum Gasteiger partial charge on any atom is -0.507 e. The van der Waals surface area contributed by atoms with E-state index in [0.717, 1.165) is 37.1 Å². The number of carbonyl (C=O) groups is 1. The van der Waals surface area contributed by atoms with Crippen molar-refractivity contribution in [1.82, 2.24) is 15.2 Å². The lowest BCUT2D eigenvalue weighted by atomic mass is 9.89. The van der Waals surface area contributed by atoms with Crippen LogP contribution in [-0.4, -0.2) is 53.9 Å². The van der Waals surface area contributed by atoms with Gasteiger partial charge in [-0.25, -0.2) is 4.79 Å². The van der Waals surface area contributed by atoms with Crippen molar-refractivity contribution >= 4 is 27.7 Å². The van der Waals surface area contributed by atoms with Crippen LogP contribution in [0.1, 0.15) is 27.5 Å². The fraction of sp³-hybridized carbons (Fsp3) is 0.250. The number of aromatic nitrogens is 1. The standard InChI is InChI=1S/C24H24N4O4/c25-14-32-24(30)18-13-31-23-17-4-2-1-3-16(17)22(29)20(19(18)23)21(15-5-7-26-8-6-15)28-11-9-27-10-12-28/h1-8,13,21,27,29H,9-12,14,25H2. The second-order valence-electron chi connectivity index (χ2n) is 7.73. The molecule has 2 aromatic carbocycles. The summed E-state index contributed by atoms with van der Waals surface area (Å²) in [4.78, 5) is 19.2. The van der Waals surface area contributed by atoms with Gasteiger partial charge >= 0.3 is 5.97 Å². The number of nitrogens with one attached hydrogen (secondary N) is 1. The number of fused-ring (bicyclic) bond motifs is 3. The highest BCUT2D eigenvalue weighted by molar-refractivity contribution is 6.16. The maximum absolute atomic E-state index is 12.8. The van der Waals surface area contributed by atoms with Crippen molar-refractivity contribution in [3.05, 3.63) is 71.7 Å². The minimum absolute atomic E-state index is 0.122. The van der Waals surface area contributed by atoms with Gasteiger partial charge in [-0.1, -0.05) is 24.3 Å². The Morgan fingerprint density at radius 3 is 2.62 bits per heavy atom. The molecule has 1 saturated heterocycles. The fourth-order valence-electron chi connectivity index (χ4n) is 4.59. The summed E-state index contributed by atoms with van der Waals surface area (Å²) in [5.74, 6) is -0.465. The average Bonchev–Trinajstić information content (AvgIpc) is 3.28. The Hall–Kier alpha value is -3.46. The van der Waals surface area contributed by atoms with Gasteiger partial charge in [0.2, 0.25) is 0 Å². The number of carbonyl (C=O) groups excluding carboxylic acids is 1. The lowest BCUT2D eigenvalue weighted by Gasteiger charge is -2.36. The summed E-state index contributed by atoms with van der Waals surface area (Å²) in [6, 6.07) is 11.0. The van der Waals surface area contributed by atoms with Gasteiger partial charge in [0, 0.05) is 60.3 Å². The molecular formula is C24H24N4O4. The molecule has 1 unspecified atom stereocenters. The Bertz CT molecular complexity index is 1270. The van der Waals surface area contributed by atoms with Crippen molar-refractivity contribution in [2.75, 3.05) is 32.9 Å². The van der Waals surface area contributed by atoms with E-state index in [-0.39, 0.29) is 24.1 Å². The number of rotatable bonds is 5. The highest BCUT2D eigenvalue weighted by atomic mass is 16.5. The largest absolute Gasteiger partial charge is 0.507 e. The molecular weight excluding hydrogens is 408 g/mol. The molecule has 0 spiro atoms. The molecule has 1 atom stereocenters. The van der Waals surface area contributed by atoms with Crippen LogP contribution in [0, 0.1) is 0 Å². The van der Waals surface area contributed by atoms with Crippen LogP contribution in [0.5, 0.6) is 5.75 Å². The molecule has 3 heterocycles. The van der Waals surface area contributed by atoms with Gasteiger partial charge in [-0.2, -0.15) is 0 Å². The Morgan fingerprint density at radius 2 is 1.91 bits per heavy atom. The predicted molar refractivity (Wildman–Crippen MR) is 120 cm³/mol. The number of hydrogen-bond donors (Lipinski definition) is 3. The van der Waals surface area contributed by atoms with Gasteiger partial charge in [-0.05, 0) is 17.7 Å². The van der Waals surface area contributed by atoms with E-state index in [1.807, 2.05) is 36.4 Å². The van der Waals surface area contributed by atoms with Crippen molar-refractivity contribution in [2.45, 2.75) is 6.04 Å². The minimum atomic E-state index is -0.587. The van der Waals surface area contributed by atoms with E-state index in [0.29, 0.717) is 21.9 Å². The molecule has 0 amide bonds. The third kappa shape index (κ3) is 3.38. The number of esters is 1. The van der Waals surface area contributed by atoms with Crippen LogP contribution in [0.4, 0.5) is 0 Å². The molecule has 164 valence electrons. The van der Waals surface area contributed by atoms with Gasteiger partial charge in [0.05, 0.1) is 6.04 Å². The van der Waals surface area contributed by atoms with Gasteiger partial charge in [0.1, 0.15) is 29.9 Å². The molecule has 0 bridgehead atoms. The third-order valence-electron chi connectivity index (χ3n) is 5.99. The third-order valence-corrected chi connectivity index (χ3v) is 5.99. The van der Waals surface area contributed by atoms with Crippen LogP contribution in [0.15, 0.2) is 59.5 Å². The molecule has 0 radical (unpaired) electrons. The van der Waals surface area contributed by atoms with Gasteiger partial charge in [0.25, 0.3) is 0 Å². The zero-order chi connectivity index (χ0) is 22.1. The number of benzene rings is 2. The monoisotopic (exact) mass is 432 g/mol. The highest BCUT2D eigenvalue weighted by Crippen LogP contribution is 2.46. The van der Waals surface area contributed by atoms with Crippen LogP contribution in [0.25, 0.3) is 21.7 Å². The Labute approximate surface area is 184 Å². The van der Waals surface area contributed by atoms with Crippen LogP contribution >= 0.6 is 0 Å². The molecule has 2 aromatic heterocycles. The molecule has 1 aliphatic heterocycles. The molecule has 5 rings (SSSR count). The molecule has 8 nitrogen and oxygen atoms in total.